The molecule has 5 rings (SSSR count). The lowest BCUT2D eigenvalue weighted by atomic mass is 10.1. The number of nitrogens with zero attached hydrogens (tertiary/aromatic N) is 1. The van der Waals surface area contributed by atoms with Gasteiger partial charge >= 0.3 is 0 Å². The van der Waals surface area contributed by atoms with Crippen molar-refractivity contribution in [1.29, 1.82) is 0 Å². The predicted molar refractivity (Wildman–Crippen MR) is 137 cm³/mol. The molecular weight excluding hydrogens is 460 g/mol. The van der Waals surface area contributed by atoms with E-state index in [2.05, 4.69) is 10.6 Å². The number of hydrogen-bond donors (Lipinski definition) is 3. The summed E-state index contributed by atoms with van der Waals surface area (Å²) in [7, 11) is 0. The van der Waals surface area contributed by atoms with Crippen LogP contribution in [0.4, 0.5) is 22.7 Å². The second kappa shape index (κ2) is 8.84. The molecule has 4 N–H and O–H groups in total. The summed E-state index contributed by atoms with van der Waals surface area (Å²) in [6.45, 7) is 4.01. The van der Waals surface area contributed by atoms with Crippen molar-refractivity contribution in [1.82, 2.24) is 0 Å². The molecule has 0 spiro atoms. The molecule has 0 unspecified atom stereocenters. The Bertz CT molecular complexity index is 1580. The first-order valence-corrected chi connectivity index (χ1v) is 11.6. The van der Waals surface area contributed by atoms with E-state index < -0.39 is 16.8 Å². The topological polar surface area (TPSA) is 135 Å². The van der Waals surface area contributed by atoms with Crippen LogP contribution in [0.25, 0.3) is 0 Å². The number of benzene rings is 2. The molecule has 0 fully saturated rings. The third-order valence-electron chi connectivity index (χ3n) is 6.40. The predicted octanol–water partition coefficient (Wildman–Crippen LogP) is 3.75. The first-order chi connectivity index (χ1) is 17.3. The Morgan fingerprint density at radius 2 is 1.78 bits per heavy atom. The maximum atomic E-state index is 13.5. The Balaban J connectivity index is 1.46. The lowest BCUT2D eigenvalue weighted by Crippen LogP contribution is -2.37. The molecule has 36 heavy (non-hydrogen) atoms. The molecule has 1 aliphatic rings. The standard InChI is InChI=1S/C27H24N4O5/c1-3-17(20-12-11-14(2)36-20)29-22-23(25(33)24(22)32)30-18-9-6-7-15-13-31(27(35)21(15)18)19-10-5-4-8-16(19)26(28)34/h4-12,17,29-30H,3,13H2,1-2H3,(H2,28,34)/t17-/m1/s1. The number of rotatable bonds is 8. The van der Waals surface area contributed by atoms with Gasteiger partial charge in [-0.25, -0.2) is 0 Å². The van der Waals surface area contributed by atoms with Crippen LogP contribution in [0.2, 0.25) is 0 Å². The van der Waals surface area contributed by atoms with Gasteiger partial charge in [-0.15, -0.1) is 0 Å². The molecule has 1 aromatic heterocycles. The van der Waals surface area contributed by atoms with E-state index in [-0.39, 0.29) is 35.4 Å². The fourth-order valence-electron chi connectivity index (χ4n) is 4.55. The van der Waals surface area contributed by atoms with Gasteiger partial charge in [-0.1, -0.05) is 31.2 Å². The number of hydrogen-bond acceptors (Lipinski definition) is 7. The van der Waals surface area contributed by atoms with E-state index in [1.807, 2.05) is 26.0 Å². The lowest BCUT2D eigenvalue weighted by Gasteiger charge is -2.21. The van der Waals surface area contributed by atoms with Crippen LogP contribution in [-0.4, -0.2) is 11.8 Å². The van der Waals surface area contributed by atoms with E-state index in [1.165, 1.54) is 4.90 Å². The highest BCUT2D eigenvalue weighted by Gasteiger charge is 2.34. The summed E-state index contributed by atoms with van der Waals surface area (Å²) < 4.78 is 5.69. The molecule has 1 atom stereocenters. The molecule has 2 heterocycles. The van der Waals surface area contributed by atoms with Crippen molar-refractivity contribution in [3.8, 4) is 0 Å². The summed E-state index contributed by atoms with van der Waals surface area (Å²) in [6, 6.07) is 15.2. The number of carbonyl (C=O) groups is 2. The Labute approximate surface area is 206 Å². The van der Waals surface area contributed by atoms with Crippen molar-refractivity contribution in [2.24, 2.45) is 5.73 Å². The number of amides is 2. The number of fused-ring (bicyclic) bond motifs is 1. The Morgan fingerprint density at radius 3 is 2.47 bits per heavy atom. The highest BCUT2D eigenvalue weighted by Crippen LogP contribution is 2.36. The minimum absolute atomic E-state index is 0.0962. The van der Waals surface area contributed by atoms with Crippen molar-refractivity contribution < 1.29 is 14.0 Å². The molecule has 0 radical (unpaired) electrons. The van der Waals surface area contributed by atoms with Gasteiger partial charge in [-0.2, -0.15) is 0 Å². The highest BCUT2D eigenvalue weighted by molar-refractivity contribution is 6.16. The van der Waals surface area contributed by atoms with Crippen molar-refractivity contribution in [2.75, 3.05) is 15.5 Å². The summed E-state index contributed by atoms with van der Waals surface area (Å²) in [5.41, 5.74) is 6.60. The second-order valence-corrected chi connectivity index (χ2v) is 8.70. The summed E-state index contributed by atoms with van der Waals surface area (Å²) in [4.78, 5) is 51.8. The third-order valence-corrected chi connectivity index (χ3v) is 6.40. The minimum atomic E-state index is -0.665. The largest absolute Gasteiger partial charge is 0.464 e. The maximum absolute atomic E-state index is 13.5. The molecule has 0 aliphatic carbocycles. The van der Waals surface area contributed by atoms with Gasteiger partial charge in [-0.05, 0) is 49.2 Å². The summed E-state index contributed by atoms with van der Waals surface area (Å²) in [6.07, 6.45) is 0.624. The van der Waals surface area contributed by atoms with Crippen LogP contribution in [0, 0.1) is 6.92 Å². The zero-order valence-corrected chi connectivity index (χ0v) is 19.8. The smallest absolute Gasteiger partial charge is 0.261 e. The van der Waals surface area contributed by atoms with Gasteiger partial charge < -0.3 is 25.7 Å². The molecule has 2 amide bonds. The minimum Gasteiger partial charge on any atom is -0.464 e. The molecule has 0 saturated heterocycles. The van der Waals surface area contributed by atoms with E-state index in [9.17, 15) is 19.2 Å². The molecule has 4 aromatic rings. The van der Waals surface area contributed by atoms with Crippen molar-refractivity contribution in [3.63, 3.8) is 0 Å². The first-order valence-electron chi connectivity index (χ1n) is 11.6. The average Bonchev–Trinajstić information content (AvgIpc) is 3.46. The zero-order valence-electron chi connectivity index (χ0n) is 19.8. The molecule has 9 heteroatoms. The van der Waals surface area contributed by atoms with E-state index in [0.29, 0.717) is 29.1 Å². The van der Waals surface area contributed by atoms with Gasteiger partial charge in [0, 0.05) is 0 Å². The number of carbonyl (C=O) groups excluding carboxylic acids is 2. The number of para-hydroxylation sites is 1. The fraction of sp³-hybridized carbons (Fsp3) is 0.185. The molecular formula is C27H24N4O5. The second-order valence-electron chi connectivity index (χ2n) is 8.70. The third kappa shape index (κ3) is 3.74. The number of furan rings is 1. The molecule has 9 nitrogen and oxygen atoms in total. The lowest BCUT2D eigenvalue weighted by molar-refractivity contribution is 0.0996. The van der Waals surface area contributed by atoms with Crippen molar-refractivity contribution in [2.45, 2.75) is 32.9 Å². The normalized spacial score (nSPS) is 13.6. The molecule has 3 aromatic carbocycles. The quantitative estimate of drug-likeness (QED) is 0.324. The average molecular weight is 485 g/mol. The molecule has 182 valence electrons. The van der Waals surface area contributed by atoms with E-state index in [0.717, 1.165) is 11.3 Å². The van der Waals surface area contributed by atoms with Gasteiger partial charge in [0.15, 0.2) is 0 Å². The maximum Gasteiger partial charge on any atom is 0.261 e. The monoisotopic (exact) mass is 484 g/mol. The van der Waals surface area contributed by atoms with E-state index in [4.69, 9.17) is 10.2 Å². The van der Waals surface area contributed by atoms with Gasteiger partial charge in [0.1, 0.15) is 22.9 Å². The summed E-state index contributed by atoms with van der Waals surface area (Å²) in [5.74, 6) is 0.430. The van der Waals surface area contributed by atoms with Crippen LogP contribution < -0.4 is 32.1 Å². The first kappa shape index (κ1) is 23.1. The number of aryl methyl sites for hydroxylation is 1. The van der Waals surface area contributed by atoms with E-state index in [1.54, 1.807) is 42.5 Å². The molecule has 0 saturated carbocycles. The SMILES string of the molecule is CC[C@@H](Nc1c(Nc2cccc3c2C(=O)N(c2ccccc2C(N)=O)C3)c(=O)c1=O)c1ccc(C)o1. The van der Waals surface area contributed by atoms with Crippen LogP contribution in [-0.2, 0) is 6.54 Å². The van der Waals surface area contributed by atoms with Crippen LogP contribution >= 0.6 is 0 Å². The number of nitrogens with one attached hydrogen (secondary N) is 2. The number of nitrogens with two attached hydrogens (primary N) is 1. The van der Waals surface area contributed by atoms with Crippen LogP contribution in [0.5, 0.6) is 0 Å². The zero-order chi connectivity index (χ0) is 25.6. The van der Waals surface area contributed by atoms with E-state index >= 15 is 0 Å². The molecule has 1 aliphatic heterocycles. The molecule has 0 bridgehead atoms. The van der Waals surface area contributed by atoms with Crippen LogP contribution in [0.15, 0.2) is 68.6 Å². The highest BCUT2D eigenvalue weighted by atomic mass is 16.3. The number of anilines is 4. The Hall–Kier alpha value is -4.66. The van der Waals surface area contributed by atoms with Crippen molar-refractivity contribution in [3.05, 3.63) is 103 Å². The van der Waals surface area contributed by atoms with Gasteiger partial charge in [0.25, 0.3) is 22.7 Å². The van der Waals surface area contributed by atoms with Crippen LogP contribution in [0.1, 0.15) is 57.2 Å². The summed E-state index contributed by atoms with van der Waals surface area (Å²) >= 11 is 0. The van der Waals surface area contributed by atoms with Gasteiger partial charge in [0.2, 0.25) is 0 Å². The van der Waals surface area contributed by atoms with Gasteiger partial charge in [0.05, 0.1) is 35.1 Å². The fourth-order valence-corrected chi connectivity index (χ4v) is 4.55. The van der Waals surface area contributed by atoms with Gasteiger partial charge in [-0.3, -0.25) is 19.2 Å². The number of primary amides is 1. The van der Waals surface area contributed by atoms with Crippen molar-refractivity contribution >= 4 is 34.6 Å². The Morgan fingerprint density at radius 1 is 1.03 bits per heavy atom. The van der Waals surface area contributed by atoms with Crippen LogP contribution in [0.3, 0.4) is 0 Å². The Kier molecular flexibility index (Phi) is 5.68. The summed E-state index contributed by atoms with van der Waals surface area (Å²) in [5, 5.41) is 6.14.